The van der Waals surface area contributed by atoms with Crippen LogP contribution in [0.2, 0.25) is 5.04 Å². The van der Waals surface area contributed by atoms with Crippen LogP contribution in [0.5, 0.6) is 0 Å². The minimum Gasteiger partial charge on any atom is -0.406 e. The van der Waals surface area contributed by atoms with Gasteiger partial charge in [0.1, 0.15) is 0 Å². The van der Waals surface area contributed by atoms with Crippen LogP contribution >= 0.6 is 0 Å². The van der Waals surface area contributed by atoms with Crippen LogP contribution in [0.4, 0.5) is 0 Å². The number of hydrogen-bond donors (Lipinski definition) is 1. The molecule has 1 saturated carbocycles. The van der Waals surface area contributed by atoms with Crippen LogP contribution in [0.1, 0.15) is 59.3 Å². The van der Waals surface area contributed by atoms with E-state index in [0.717, 1.165) is 51.9 Å². The Morgan fingerprint density at radius 1 is 0.944 bits per heavy atom. The van der Waals surface area contributed by atoms with Gasteiger partial charge in [-0.2, -0.15) is 0 Å². The van der Waals surface area contributed by atoms with Crippen LogP contribution in [0.3, 0.4) is 0 Å². The molecule has 196 valence electrons. The molecule has 2 aromatic rings. The average molecular weight is 510 g/mol. The predicted molar refractivity (Wildman–Crippen MR) is 146 cm³/mol. The second-order valence-electron chi connectivity index (χ2n) is 11.7. The Hall–Kier alpha value is -1.54. The standard InChI is InChI=1S/C30H43NO4Si/c1-29(2,3)36(25-12-6-4-7-13-25,26-14-8-5-9-15-26)34-23-27(31-24-17-21-32-22-24)30(18-19-30)35-28-16-10-11-20-33-28/h4-9,12-15,24,27-28,31H,10-11,16-23H2,1-3H3/t24?,27-,28?/m1/s1. The van der Waals surface area contributed by atoms with Crippen molar-refractivity contribution in [2.75, 3.05) is 26.4 Å². The van der Waals surface area contributed by atoms with E-state index in [2.05, 4.69) is 86.8 Å². The summed E-state index contributed by atoms with van der Waals surface area (Å²) in [5, 5.41) is 6.50. The molecule has 3 aliphatic rings. The average Bonchev–Trinajstić information content (AvgIpc) is 3.48. The van der Waals surface area contributed by atoms with E-state index in [1.54, 1.807) is 0 Å². The third-order valence-corrected chi connectivity index (χ3v) is 13.1. The summed E-state index contributed by atoms with van der Waals surface area (Å²) >= 11 is 0. The molecule has 5 nitrogen and oxygen atoms in total. The first kappa shape index (κ1) is 26.1. The van der Waals surface area contributed by atoms with Crippen molar-refractivity contribution in [1.82, 2.24) is 5.32 Å². The predicted octanol–water partition coefficient (Wildman–Crippen LogP) is 4.39. The van der Waals surface area contributed by atoms with Gasteiger partial charge in [-0.05, 0) is 53.9 Å². The van der Waals surface area contributed by atoms with Crippen molar-refractivity contribution in [1.29, 1.82) is 0 Å². The Labute approximate surface area is 218 Å². The zero-order valence-corrected chi connectivity index (χ0v) is 23.2. The van der Waals surface area contributed by atoms with Gasteiger partial charge in [0.15, 0.2) is 6.29 Å². The number of benzene rings is 2. The minimum atomic E-state index is -2.63. The van der Waals surface area contributed by atoms with Gasteiger partial charge in [-0.25, -0.2) is 0 Å². The topological polar surface area (TPSA) is 49.0 Å². The van der Waals surface area contributed by atoms with Crippen LogP contribution in [0.15, 0.2) is 60.7 Å². The first-order valence-electron chi connectivity index (χ1n) is 13.8. The summed E-state index contributed by atoms with van der Waals surface area (Å²) in [6, 6.07) is 22.2. The van der Waals surface area contributed by atoms with E-state index in [-0.39, 0.29) is 23.0 Å². The largest absolute Gasteiger partial charge is 0.406 e. The van der Waals surface area contributed by atoms with Gasteiger partial charge in [-0.15, -0.1) is 0 Å². The Kier molecular flexibility index (Phi) is 8.01. The van der Waals surface area contributed by atoms with Gasteiger partial charge >= 0.3 is 0 Å². The molecule has 1 aliphatic carbocycles. The molecular formula is C30H43NO4Si. The molecule has 0 bridgehead atoms. The molecule has 3 fully saturated rings. The molecule has 0 radical (unpaired) electrons. The van der Waals surface area contributed by atoms with E-state index in [4.69, 9.17) is 18.6 Å². The summed E-state index contributed by atoms with van der Waals surface area (Å²) in [6.45, 7) is 10.00. The van der Waals surface area contributed by atoms with E-state index in [0.29, 0.717) is 12.6 Å². The van der Waals surface area contributed by atoms with Gasteiger partial charge in [0.25, 0.3) is 8.32 Å². The van der Waals surface area contributed by atoms with Crippen molar-refractivity contribution in [2.45, 2.75) is 88.3 Å². The maximum absolute atomic E-state index is 7.37. The molecule has 2 saturated heterocycles. The molecule has 0 aromatic heterocycles. The van der Waals surface area contributed by atoms with Gasteiger partial charge in [-0.1, -0.05) is 81.4 Å². The Morgan fingerprint density at radius 3 is 2.11 bits per heavy atom. The van der Waals surface area contributed by atoms with Crippen LogP contribution in [-0.2, 0) is 18.6 Å². The summed E-state index contributed by atoms with van der Waals surface area (Å²) in [6.07, 6.45) is 6.31. The molecule has 36 heavy (non-hydrogen) atoms. The molecule has 2 unspecified atom stereocenters. The van der Waals surface area contributed by atoms with Crippen molar-refractivity contribution < 1.29 is 18.6 Å². The Bertz CT molecular complexity index is 908. The minimum absolute atomic E-state index is 0.0548. The van der Waals surface area contributed by atoms with Gasteiger partial charge in [-0.3, -0.25) is 0 Å². The molecular weight excluding hydrogens is 466 g/mol. The van der Waals surface area contributed by atoms with Crippen molar-refractivity contribution in [3.8, 4) is 0 Å². The van der Waals surface area contributed by atoms with Crippen molar-refractivity contribution in [3.63, 3.8) is 0 Å². The lowest BCUT2D eigenvalue weighted by atomic mass is 10.1. The lowest BCUT2D eigenvalue weighted by Crippen LogP contribution is -2.68. The highest BCUT2D eigenvalue weighted by Crippen LogP contribution is 2.46. The van der Waals surface area contributed by atoms with E-state index >= 15 is 0 Å². The molecule has 5 rings (SSSR count). The van der Waals surface area contributed by atoms with E-state index in [1.807, 2.05) is 0 Å². The quantitative estimate of drug-likeness (QED) is 0.482. The lowest BCUT2D eigenvalue weighted by molar-refractivity contribution is -0.205. The molecule has 6 heteroatoms. The Balaban J connectivity index is 1.46. The second-order valence-corrected chi connectivity index (χ2v) is 16.0. The van der Waals surface area contributed by atoms with Crippen LogP contribution < -0.4 is 15.7 Å². The molecule has 2 heterocycles. The maximum atomic E-state index is 7.37. The summed E-state index contributed by atoms with van der Waals surface area (Å²) in [5.74, 6) is 0. The zero-order chi connectivity index (χ0) is 25.1. The fourth-order valence-electron chi connectivity index (χ4n) is 6.01. The maximum Gasteiger partial charge on any atom is 0.261 e. The van der Waals surface area contributed by atoms with E-state index < -0.39 is 8.32 Å². The molecule has 0 spiro atoms. The number of nitrogens with one attached hydrogen (secondary N) is 1. The molecule has 2 aromatic carbocycles. The van der Waals surface area contributed by atoms with Crippen LogP contribution in [0.25, 0.3) is 0 Å². The third-order valence-electron chi connectivity index (χ3n) is 8.13. The fourth-order valence-corrected chi connectivity index (χ4v) is 10.6. The first-order valence-corrected chi connectivity index (χ1v) is 15.7. The van der Waals surface area contributed by atoms with Crippen molar-refractivity contribution in [3.05, 3.63) is 60.7 Å². The number of hydrogen-bond acceptors (Lipinski definition) is 5. The molecule has 0 amide bonds. The summed E-state index contributed by atoms with van der Waals surface area (Å²) < 4.78 is 25.8. The van der Waals surface area contributed by atoms with Crippen LogP contribution in [0, 0.1) is 0 Å². The van der Waals surface area contributed by atoms with Gasteiger partial charge in [0.05, 0.1) is 24.9 Å². The smallest absolute Gasteiger partial charge is 0.261 e. The SMILES string of the molecule is CC(C)(C)[Si](OC[C@@H](NC1CCOC1)C1(OC2CCCCO2)CC1)(c1ccccc1)c1ccccc1. The van der Waals surface area contributed by atoms with Gasteiger partial charge in [0.2, 0.25) is 0 Å². The first-order chi connectivity index (χ1) is 17.4. The summed E-state index contributed by atoms with van der Waals surface area (Å²) in [4.78, 5) is 0. The second kappa shape index (κ2) is 11.1. The summed E-state index contributed by atoms with van der Waals surface area (Å²) in [7, 11) is -2.63. The summed E-state index contributed by atoms with van der Waals surface area (Å²) in [5.41, 5.74) is -0.226. The third kappa shape index (κ3) is 5.49. The highest BCUT2D eigenvalue weighted by Gasteiger charge is 2.56. The van der Waals surface area contributed by atoms with Gasteiger partial charge < -0.3 is 24.0 Å². The van der Waals surface area contributed by atoms with Crippen LogP contribution in [-0.4, -0.2) is 58.7 Å². The number of ether oxygens (including phenoxy) is 3. The van der Waals surface area contributed by atoms with E-state index in [1.165, 1.54) is 16.8 Å². The zero-order valence-electron chi connectivity index (χ0n) is 22.2. The molecule has 1 N–H and O–H groups in total. The van der Waals surface area contributed by atoms with Crippen molar-refractivity contribution in [2.24, 2.45) is 0 Å². The fraction of sp³-hybridized carbons (Fsp3) is 0.600. The van der Waals surface area contributed by atoms with Gasteiger partial charge in [0, 0.05) is 19.3 Å². The molecule has 2 aliphatic heterocycles. The monoisotopic (exact) mass is 509 g/mol. The van der Waals surface area contributed by atoms with Crippen molar-refractivity contribution >= 4 is 18.7 Å². The van der Waals surface area contributed by atoms with E-state index in [9.17, 15) is 0 Å². The number of rotatable bonds is 10. The molecule has 3 atom stereocenters. The normalized spacial score (nSPS) is 25.0. The highest BCUT2D eigenvalue weighted by atomic mass is 28.4. The Morgan fingerprint density at radius 2 is 1.61 bits per heavy atom. The highest BCUT2D eigenvalue weighted by molar-refractivity contribution is 6.99. The lowest BCUT2D eigenvalue weighted by Gasteiger charge is -2.45.